The molecule has 12 heavy (non-hydrogen) atoms. The molecule has 0 radical (unpaired) electrons. The van der Waals surface area contributed by atoms with E-state index in [0.717, 1.165) is 6.42 Å². The summed E-state index contributed by atoms with van der Waals surface area (Å²) in [6, 6.07) is 0. The maximum Gasteiger partial charge on any atom is 0.0996 e. The van der Waals surface area contributed by atoms with Gasteiger partial charge in [-0.1, -0.05) is 38.3 Å². The van der Waals surface area contributed by atoms with Crippen LogP contribution in [0.4, 0.5) is 0 Å². The van der Waals surface area contributed by atoms with Crippen molar-refractivity contribution >= 4 is 0 Å². The molecular weight excluding hydrogens is 150 g/mol. The first-order valence-electron chi connectivity index (χ1n) is 4.89. The summed E-state index contributed by atoms with van der Waals surface area (Å²) in [6.45, 7) is 8.12. The molecule has 0 saturated carbocycles. The average molecular weight is 171 g/mol. The Labute approximate surface area is 75.7 Å². The second kappa shape index (κ2) is 5.28. The van der Waals surface area contributed by atoms with Crippen molar-refractivity contribution < 1.29 is 0 Å². The van der Waals surface area contributed by atoms with E-state index < -0.39 is 0 Å². The molecule has 0 aliphatic carbocycles. The van der Waals surface area contributed by atoms with E-state index in [2.05, 4.69) is 19.0 Å². The minimum atomic E-state index is -0.381. The zero-order valence-electron chi connectivity index (χ0n) is 8.76. The monoisotopic (exact) mass is 171 g/mol. The number of nitrogens with zero attached hydrogens (tertiary/aromatic N) is 1. The highest BCUT2D eigenvalue weighted by molar-refractivity contribution is 4.82. The third-order valence-corrected chi connectivity index (χ3v) is 2.68. The lowest BCUT2D eigenvalue weighted by molar-refractivity contribution is 0.318. The largest absolute Gasteiger partial charge is 0.150 e. The van der Waals surface area contributed by atoms with Crippen molar-refractivity contribution in [2.24, 2.45) is 11.1 Å². The number of rotatable bonds is 6. The SMILES string of the molecule is CCCCCC(C)C(C)(C)N=O. The van der Waals surface area contributed by atoms with Gasteiger partial charge >= 0.3 is 0 Å². The van der Waals surface area contributed by atoms with Crippen LogP contribution in [0.3, 0.4) is 0 Å². The predicted octanol–water partition coefficient (Wildman–Crippen LogP) is 3.75. The fourth-order valence-corrected chi connectivity index (χ4v) is 1.14. The molecule has 0 aromatic heterocycles. The summed E-state index contributed by atoms with van der Waals surface area (Å²) in [4.78, 5) is 10.5. The van der Waals surface area contributed by atoms with Gasteiger partial charge in [0.1, 0.15) is 0 Å². The molecule has 1 atom stereocenters. The van der Waals surface area contributed by atoms with Crippen molar-refractivity contribution in [2.45, 2.75) is 58.9 Å². The lowest BCUT2D eigenvalue weighted by atomic mass is 9.86. The minimum absolute atomic E-state index is 0.381. The van der Waals surface area contributed by atoms with E-state index in [-0.39, 0.29) is 5.54 Å². The van der Waals surface area contributed by atoms with Crippen molar-refractivity contribution in [3.05, 3.63) is 4.91 Å². The number of hydrogen-bond acceptors (Lipinski definition) is 2. The summed E-state index contributed by atoms with van der Waals surface area (Å²) in [7, 11) is 0. The van der Waals surface area contributed by atoms with Crippen LogP contribution in [-0.4, -0.2) is 5.54 Å². The van der Waals surface area contributed by atoms with E-state index in [1.54, 1.807) is 0 Å². The van der Waals surface area contributed by atoms with E-state index in [9.17, 15) is 4.91 Å². The third-order valence-electron chi connectivity index (χ3n) is 2.68. The normalized spacial score (nSPS) is 14.3. The summed E-state index contributed by atoms with van der Waals surface area (Å²) < 4.78 is 0. The highest BCUT2D eigenvalue weighted by Gasteiger charge is 2.25. The fourth-order valence-electron chi connectivity index (χ4n) is 1.14. The quantitative estimate of drug-likeness (QED) is 0.442. The first-order valence-corrected chi connectivity index (χ1v) is 4.89. The lowest BCUT2D eigenvalue weighted by Gasteiger charge is -2.23. The molecule has 0 amide bonds. The van der Waals surface area contributed by atoms with E-state index in [1.807, 2.05) is 13.8 Å². The van der Waals surface area contributed by atoms with E-state index in [1.165, 1.54) is 19.3 Å². The van der Waals surface area contributed by atoms with Crippen molar-refractivity contribution in [1.82, 2.24) is 0 Å². The summed E-state index contributed by atoms with van der Waals surface area (Å²) in [5, 5.41) is 3.15. The molecule has 0 heterocycles. The van der Waals surface area contributed by atoms with Crippen molar-refractivity contribution in [3.63, 3.8) is 0 Å². The van der Waals surface area contributed by atoms with Gasteiger partial charge < -0.3 is 0 Å². The molecule has 0 saturated heterocycles. The van der Waals surface area contributed by atoms with Crippen LogP contribution in [0.25, 0.3) is 0 Å². The summed E-state index contributed by atoms with van der Waals surface area (Å²) in [5.74, 6) is 0.404. The molecule has 0 rings (SSSR count). The Morgan fingerprint density at radius 1 is 1.33 bits per heavy atom. The second-order valence-corrected chi connectivity index (χ2v) is 4.14. The van der Waals surface area contributed by atoms with Gasteiger partial charge in [0.25, 0.3) is 0 Å². The molecule has 2 nitrogen and oxygen atoms in total. The summed E-state index contributed by atoms with van der Waals surface area (Å²) >= 11 is 0. The van der Waals surface area contributed by atoms with Crippen LogP contribution in [0.2, 0.25) is 0 Å². The van der Waals surface area contributed by atoms with Gasteiger partial charge in [0, 0.05) is 0 Å². The first-order chi connectivity index (χ1) is 5.54. The van der Waals surface area contributed by atoms with Crippen LogP contribution in [0, 0.1) is 10.8 Å². The van der Waals surface area contributed by atoms with Gasteiger partial charge in [0.15, 0.2) is 0 Å². The molecular formula is C10H21NO. The van der Waals surface area contributed by atoms with Gasteiger partial charge in [0.05, 0.1) is 5.54 Å². The standard InChI is InChI=1S/C10H21NO/c1-5-6-7-8-9(2)10(3,4)11-12/h9H,5-8H2,1-4H3. The molecule has 0 aromatic rings. The molecule has 72 valence electrons. The maximum atomic E-state index is 10.5. The van der Waals surface area contributed by atoms with Crippen molar-refractivity contribution in [2.75, 3.05) is 0 Å². The highest BCUT2D eigenvalue weighted by atomic mass is 16.3. The van der Waals surface area contributed by atoms with E-state index in [4.69, 9.17) is 0 Å². The van der Waals surface area contributed by atoms with Crippen molar-refractivity contribution in [3.8, 4) is 0 Å². The Morgan fingerprint density at radius 3 is 2.33 bits per heavy atom. The molecule has 0 aliphatic rings. The zero-order chi connectivity index (χ0) is 9.61. The van der Waals surface area contributed by atoms with Gasteiger partial charge in [-0.05, 0) is 26.2 Å². The Kier molecular flexibility index (Phi) is 5.11. The molecule has 0 N–H and O–H groups in total. The zero-order valence-corrected chi connectivity index (χ0v) is 8.76. The first kappa shape index (κ1) is 11.6. The van der Waals surface area contributed by atoms with Crippen LogP contribution in [0.15, 0.2) is 5.18 Å². The number of nitroso groups, excluding NO2 is 1. The molecule has 0 aliphatic heterocycles. The molecule has 0 bridgehead atoms. The lowest BCUT2D eigenvalue weighted by Crippen LogP contribution is -2.25. The van der Waals surface area contributed by atoms with Crippen LogP contribution < -0.4 is 0 Å². The van der Waals surface area contributed by atoms with Crippen LogP contribution in [0.1, 0.15) is 53.4 Å². The van der Waals surface area contributed by atoms with Gasteiger partial charge in [-0.25, -0.2) is 0 Å². The Hall–Kier alpha value is -0.400. The van der Waals surface area contributed by atoms with Crippen molar-refractivity contribution in [1.29, 1.82) is 0 Å². The smallest absolute Gasteiger partial charge is 0.0996 e. The molecule has 0 fully saturated rings. The Morgan fingerprint density at radius 2 is 1.92 bits per heavy atom. The predicted molar refractivity (Wildman–Crippen MR) is 53.2 cm³/mol. The van der Waals surface area contributed by atoms with Crippen LogP contribution in [0.5, 0.6) is 0 Å². The fraction of sp³-hybridized carbons (Fsp3) is 1.00. The van der Waals surface area contributed by atoms with E-state index >= 15 is 0 Å². The molecule has 2 heteroatoms. The second-order valence-electron chi connectivity index (χ2n) is 4.14. The van der Waals surface area contributed by atoms with Gasteiger partial charge in [-0.15, -0.1) is 0 Å². The topological polar surface area (TPSA) is 29.4 Å². The third kappa shape index (κ3) is 3.84. The number of hydrogen-bond donors (Lipinski definition) is 0. The Bertz CT molecular complexity index is 132. The van der Waals surface area contributed by atoms with Crippen LogP contribution in [-0.2, 0) is 0 Å². The molecule has 0 spiro atoms. The van der Waals surface area contributed by atoms with Gasteiger partial charge in [-0.3, -0.25) is 0 Å². The Balaban J connectivity index is 3.70. The molecule has 0 aromatic carbocycles. The van der Waals surface area contributed by atoms with Gasteiger partial charge in [-0.2, -0.15) is 4.91 Å². The van der Waals surface area contributed by atoms with Crippen LogP contribution >= 0.6 is 0 Å². The highest BCUT2D eigenvalue weighted by Crippen LogP contribution is 2.25. The molecule has 1 unspecified atom stereocenters. The average Bonchev–Trinajstić information content (AvgIpc) is 2.05. The summed E-state index contributed by atoms with van der Waals surface area (Å²) in [6.07, 6.45) is 4.84. The summed E-state index contributed by atoms with van der Waals surface area (Å²) in [5.41, 5.74) is -0.381. The number of unbranched alkanes of at least 4 members (excludes halogenated alkanes) is 2. The maximum absolute atomic E-state index is 10.5. The van der Waals surface area contributed by atoms with E-state index in [0.29, 0.717) is 5.92 Å². The van der Waals surface area contributed by atoms with Gasteiger partial charge in [0.2, 0.25) is 0 Å². The minimum Gasteiger partial charge on any atom is -0.150 e.